The van der Waals surface area contributed by atoms with Crippen LogP contribution in [0.4, 0.5) is 0 Å². The van der Waals surface area contributed by atoms with Crippen molar-refractivity contribution in [2.45, 2.75) is 77.0 Å². The lowest BCUT2D eigenvalue weighted by Crippen LogP contribution is -2.59. The fourth-order valence-electron chi connectivity index (χ4n) is 5.22. The Bertz CT molecular complexity index is 517. The van der Waals surface area contributed by atoms with E-state index < -0.39 is 24.0 Å². The maximum atomic E-state index is 12.6. The van der Waals surface area contributed by atoms with Gasteiger partial charge in [-0.05, 0) is 70.1 Å². The molecule has 154 valence electrons. The monoisotopic (exact) mass is 399 g/mol. The largest absolute Gasteiger partial charge is 0.448 e. The molecule has 4 rings (SSSR count). The Balaban J connectivity index is 1.57. The zero-order valence-electron chi connectivity index (χ0n) is 16.6. The van der Waals surface area contributed by atoms with Gasteiger partial charge in [0.25, 0.3) is 0 Å². The third-order valence-electron chi connectivity index (χ3n) is 6.18. The van der Waals surface area contributed by atoms with Gasteiger partial charge in [0.15, 0.2) is 0 Å². The van der Waals surface area contributed by atoms with Crippen molar-refractivity contribution in [2.24, 2.45) is 23.7 Å². The summed E-state index contributed by atoms with van der Waals surface area (Å²) < 4.78 is 10.9. The van der Waals surface area contributed by atoms with Gasteiger partial charge < -0.3 is 14.3 Å². The Morgan fingerprint density at radius 3 is 2.07 bits per heavy atom. The molecule has 0 aromatic rings. The lowest BCUT2D eigenvalue weighted by atomic mass is 9.53. The molecule has 0 aromatic heterocycles. The van der Waals surface area contributed by atoms with Gasteiger partial charge in [-0.15, -0.1) is 5.48 Å². The van der Waals surface area contributed by atoms with E-state index in [4.69, 9.17) is 14.3 Å². The number of nitrogens with one attached hydrogen (secondary N) is 1. The van der Waals surface area contributed by atoms with E-state index in [-0.39, 0.29) is 18.2 Å². The summed E-state index contributed by atoms with van der Waals surface area (Å²) in [5.41, 5.74) is 3.00. The SMILES string of the molecule is CC(C)OC[C@H](OC(=O)[C@H](C)CS)C(=O)ONC12CC3CC(CC(C3)C1)C2. The minimum absolute atomic E-state index is 0.00983. The maximum Gasteiger partial charge on any atom is 0.368 e. The summed E-state index contributed by atoms with van der Waals surface area (Å²) in [7, 11) is 0. The summed E-state index contributed by atoms with van der Waals surface area (Å²) in [6, 6.07) is 0. The van der Waals surface area contributed by atoms with Gasteiger partial charge in [0.1, 0.15) is 0 Å². The van der Waals surface area contributed by atoms with E-state index in [1.807, 2.05) is 13.8 Å². The minimum Gasteiger partial charge on any atom is -0.448 e. The third kappa shape index (κ3) is 5.18. The van der Waals surface area contributed by atoms with Gasteiger partial charge in [-0.2, -0.15) is 12.6 Å². The molecule has 4 aliphatic carbocycles. The van der Waals surface area contributed by atoms with E-state index in [2.05, 4.69) is 18.1 Å². The van der Waals surface area contributed by atoms with Crippen LogP contribution in [0.3, 0.4) is 0 Å². The molecule has 0 aromatic carbocycles. The summed E-state index contributed by atoms with van der Waals surface area (Å²) in [5, 5.41) is 0. The number of ether oxygens (including phenoxy) is 2. The van der Waals surface area contributed by atoms with E-state index in [1.165, 1.54) is 19.3 Å². The third-order valence-corrected chi connectivity index (χ3v) is 6.73. The standard InChI is InChI=1S/C20H33NO5S/c1-12(2)24-10-17(25-18(22)13(3)11-27)19(23)26-21-20-7-14-4-15(8-20)6-16(5-14)9-20/h12-17,21,27H,4-11H2,1-3H3/t13-,14?,15?,16?,17+,20?/m1/s1. The van der Waals surface area contributed by atoms with Crippen LogP contribution in [0.2, 0.25) is 0 Å². The molecular formula is C20H33NO5S. The molecule has 0 amide bonds. The number of carbonyl (C=O) groups is 2. The zero-order chi connectivity index (χ0) is 19.6. The van der Waals surface area contributed by atoms with Crippen LogP contribution in [0.15, 0.2) is 0 Å². The van der Waals surface area contributed by atoms with E-state index >= 15 is 0 Å². The topological polar surface area (TPSA) is 73.9 Å². The fourth-order valence-corrected chi connectivity index (χ4v) is 5.37. The van der Waals surface area contributed by atoms with Gasteiger partial charge in [0.05, 0.1) is 24.2 Å². The van der Waals surface area contributed by atoms with Crippen LogP contribution in [0, 0.1) is 23.7 Å². The van der Waals surface area contributed by atoms with Crippen molar-refractivity contribution in [1.29, 1.82) is 0 Å². The Morgan fingerprint density at radius 1 is 1.04 bits per heavy atom. The first-order valence-corrected chi connectivity index (χ1v) is 10.8. The normalized spacial score (nSPS) is 33.7. The van der Waals surface area contributed by atoms with Crippen molar-refractivity contribution in [3.05, 3.63) is 0 Å². The summed E-state index contributed by atoms with van der Waals surface area (Å²) in [6.07, 6.45) is 6.01. The predicted octanol–water partition coefficient (Wildman–Crippen LogP) is 2.91. The molecule has 6 nitrogen and oxygen atoms in total. The number of hydrogen-bond donors (Lipinski definition) is 2. The van der Waals surface area contributed by atoms with Crippen LogP contribution in [0.25, 0.3) is 0 Å². The van der Waals surface area contributed by atoms with Crippen LogP contribution in [0.1, 0.15) is 59.3 Å². The molecule has 4 aliphatic rings. The van der Waals surface area contributed by atoms with Gasteiger partial charge in [0, 0.05) is 5.75 Å². The highest BCUT2D eigenvalue weighted by atomic mass is 32.1. The van der Waals surface area contributed by atoms with E-state index in [9.17, 15) is 9.59 Å². The van der Waals surface area contributed by atoms with Crippen LogP contribution in [-0.4, -0.2) is 42.0 Å². The van der Waals surface area contributed by atoms with Crippen molar-refractivity contribution < 1.29 is 23.9 Å². The zero-order valence-corrected chi connectivity index (χ0v) is 17.5. The molecule has 0 saturated heterocycles. The van der Waals surface area contributed by atoms with Crippen molar-refractivity contribution in [3.8, 4) is 0 Å². The summed E-state index contributed by atoms with van der Waals surface area (Å²) in [5.74, 6) is 1.15. The van der Waals surface area contributed by atoms with Gasteiger partial charge >= 0.3 is 11.9 Å². The highest BCUT2D eigenvalue weighted by Gasteiger charge is 2.51. The predicted molar refractivity (Wildman–Crippen MR) is 104 cm³/mol. The molecule has 0 unspecified atom stereocenters. The molecule has 4 fully saturated rings. The van der Waals surface area contributed by atoms with Crippen LogP contribution in [0.5, 0.6) is 0 Å². The van der Waals surface area contributed by atoms with Crippen molar-refractivity contribution in [3.63, 3.8) is 0 Å². The molecule has 4 saturated carbocycles. The molecule has 0 heterocycles. The lowest BCUT2D eigenvalue weighted by molar-refractivity contribution is -0.188. The quantitative estimate of drug-likeness (QED) is 0.353. The fraction of sp³-hybridized carbons (Fsp3) is 0.900. The maximum absolute atomic E-state index is 12.6. The van der Waals surface area contributed by atoms with Gasteiger partial charge in [-0.1, -0.05) is 6.92 Å². The Kier molecular flexibility index (Phi) is 6.75. The van der Waals surface area contributed by atoms with E-state index in [0.717, 1.165) is 37.0 Å². The summed E-state index contributed by atoms with van der Waals surface area (Å²) >= 11 is 4.11. The number of hydroxylamine groups is 1. The second-order valence-electron chi connectivity index (χ2n) is 9.11. The van der Waals surface area contributed by atoms with Crippen molar-refractivity contribution >= 4 is 24.6 Å². The molecule has 4 bridgehead atoms. The van der Waals surface area contributed by atoms with E-state index in [1.54, 1.807) is 6.92 Å². The van der Waals surface area contributed by atoms with Crippen molar-refractivity contribution in [1.82, 2.24) is 5.48 Å². The molecular weight excluding hydrogens is 366 g/mol. The van der Waals surface area contributed by atoms with Crippen LogP contribution < -0.4 is 5.48 Å². The highest BCUT2D eigenvalue weighted by Crippen LogP contribution is 2.55. The highest BCUT2D eigenvalue weighted by molar-refractivity contribution is 7.80. The average Bonchev–Trinajstić information content (AvgIpc) is 2.61. The molecule has 1 N–H and O–H groups in total. The first-order valence-electron chi connectivity index (χ1n) is 10.2. The molecule has 27 heavy (non-hydrogen) atoms. The summed E-state index contributed by atoms with van der Waals surface area (Å²) in [6.45, 7) is 5.45. The summed E-state index contributed by atoms with van der Waals surface area (Å²) in [4.78, 5) is 30.2. The van der Waals surface area contributed by atoms with Gasteiger partial charge in [0.2, 0.25) is 6.10 Å². The van der Waals surface area contributed by atoms with Gasteiger partial charge in [-0.3, -0.25) is 4.79 Å². The number of esters is 1. The Hall–Kier alpha value is -0.790. The van der Waals surface area contributed by atoms with E-state index in [0.29, 0.717) is 5.75 Å². The van der Waals surface area contributed by atoms with Crippen LogP contribution >= 0.6 is 12.6 Å². The number of rotatable bonds is 9. The molecule has 7 heteroatoms. The Morgan fingerprint density at radius 2 is 1.59 bits per heavy atom. The first kappa shape index (κ1) is 20.9. The molecule has 0 radical (unpaired) electrons. The number of carbonyl (C=O) groups excluding carboxylic acids is 2. The number of thiol groups is 1. The Labute approximate surface area is 167 Å². The smallest absolute Gasteiger partial charge is 0.368 e. The average molecular weight is 400 g/mol. The first-order chi connectivity index (χ1) is 12.8. The number of hydrogen-bond acceptors (Lipinski definition) is 7. The molecule has 2 atom stereocenters. The van der Waals surface area contributed by atoms with Crippen LogP contribution in [-0.2, 0) is 23.9 Å². The second kappa shape index (κ2) is 8.70. The minimum atomic E-state index is -1.07. The molecule has 0 aliphatic heterocycles. The van der Waals surface area contributed by atoms with Gasteiger partial charge in [-0.25, -0.2) is 4.79 Å². The lowest BCUT2D eigenvalue weighted by Gasteiger charge is -2.56. The molecule has 0 spiro atoms. The second-order valence-corrected chi connectivity index (χ2v) is 9.48. The van der Waals surface area contributed by atoms with Crippen molar-refractivity contribution in [2.75, 3.05) is 12.4 Å².